The van der Waals surface area contributed by atoms with Gasteiger partial charge in [-0.05, 0) is 36.8 Å². The first-order valence-electron chi connectivity index (χ1n) is 6.38. The summed E-state index contributed by atoms with van der Waals surface area (Å²) in [6.45, 7) is 1.63. The Bertz CT molecular complexity index is 712. The Balaban J connectivity index is 2.35. The van der Waals surface area contributed by atoms with Crippen LogP contribution in [0.15, 0.2) is 53.4 Å². The monoisotopic (exact) mass is 307 g/mol. The van der Waals surface area contributed by atoms with Crippen LogP contribution in [0.4, 0.5) is 5.69 Å². The molecule has 1 atom stereocenters. The molecule has 0 bridgehead atoms. The summed E-state index contributed by atoms with van der Waals surface area (Å²) < 4.78 is 32.2. The van der Waals surface area contributed by atoms with Crippen molar-refractivity contribution < 1.29 is 18.3 Å². The van der Waals surface area contributed by atoms with Gasteiger partial charge in [0, 0.05) is 0 Å². The third kappa shape index (κ3) is 3.53. The van der Waals surface area contributed by atoms with Crippen molar-refractivity contribution >= 4 is 15.7 Å². The number of methoxy groups -OCH3 is 1. The molecule has 112 valence electrons. The number of aliphatic hydroxyl groups excluding tert-OH is 1. The number of anilines is 1. The second-order valence-corrected chi connectivity index (χ2v) is 6.24. The van der Waals surface area contributed by atoms with Crippen molar-refractivity contribution in [1.82, 2.24) is 0 Å². The second-order valence-electron chi connectivity index (χ2n) is 4.55. The highest BCUT2D eigenvalue weighted by Crippen LogP contribution is 2.30. The molecule has 0 saturated carbocycles. The van der Waals surface area contributed by atoms with E-state index in [0.717, 1.165) is 0 Å². The maximum absolute atomic E-state index is 12.3. The van der Waals surface area contributed by atoms with Crippen LogP contribution in [0, 0.1) is 0 Å². The predicted octanol–water partition coefficient (Wildman–Crippen LogP) is 2.55. The summed E-state index contributed by atoms with van der Waals surface area (Å²) in [4.78, 5) is 0.173. The molecule has 0 heterocycles. The van der Waals surface area contributed by atoms with Gasteiger partial charge >= 0.3 is 0 Å². The first-order valence-corrected chi connectivity index (χ1v) is 7.86. The minimum absolute atomic E-state index is 0.173. The molecule has 0 radical (unpaired) electrons. The molecule has 0 aliphatic carbocycles. The molecule has 0 amide bonds. The van der Waals surface area contributed by atoms with Gasteiger partial charge in [0.1, 0.15) is 5.75 Å². The third-order valence-corrected chi connectivity index (χ3v) is 4.39. The SMILES string of the molecule is COc1cc(C(C)O)ccc1NS(=O)(=O)c1ccccc1. The van der Waals surface area contributed by atoms with Crippen molar-refractivity contribution in [3.8, 4) is 5.75 Å². The minimum atomic E-state index is -3.67. The molecule has 2 rings (SSSR count). The van der Waals surface area contributed by atoms with Gasteiger partial charge in [-0.3, -0.25) is 4.72 Å². The summed E-state index contributed by atoms with van der Waals surface area (Å²) in [6.07, 6.45) is -0.654. The lowest BCUT2D eigenvalue weighted by Crippen LogP contribution is -2.13. The normalized spacial score (nSPS) is 12.7. The largest absolute Gasteiger partial charge is 0.495 e. The number of ether oxygens (including phenoxy) is 1. The molecule has 0 spiro atoms. The van der Waals surface area contributed by atoms with Gasteiger partial charge in [0.25, 0.3) is 10.0 Å². The lowest BCUT2D eigenvalue weighted by molar-refractivity contribution is 0.199. The fraction of sp³-hybridized carbons (Fsp3) is 0.200. The maximum Gasteiger partial charge on any atom is 0.262 e. The summed E-state index contributed by atoms with van der Waals surface area (Å²) >= 11 is 0. The number of hydrogen-bond donors (Lipinski definition) is 2. The molecule has 0 aliphatic heterocycles. The van der Waals surface area contributed by atoms with Crippen LogP contribution in [0.5, 0.6) is 5.75 Å². The highest BCUT2D eigenvalue weighted by molar-refractivity contribution is 7.92. The average molecular weight is 307 g/mol. The van der Waals surface area contributed by atoms with Gasteiger partial charge in [-0.25, -0.2) is 8.42 Å². The molecular weight excluding hydrogens is 290 g/mol. The average Bonchev–Trinajstić information content (AvgIpc) is 2.48. The molecule has 2 N–H and O–H groups in total. The summed E-state index contributed by atoms with van der Waals surface area (Å²) in [5, 5.41) is 9.55. The van der Waals surface area contributed by atoms with Crippen molar-refractivity contribution in [3.63, 3.8) is 0 Å². The molecule has 0 saturated heterocycles. The molecular formula is C15H17NO4S. The second kappa shape index (κ2) is 6.15. The lowest BCUT2D eigenvalue weighted by Gasteiger charge is -2.14. The highest BCUT2D eigenvalue weighted by Gasteiger charge is 2.16. The van der Waals surface area contributed by atoms with Crippen molar-refractivity contribution in [1.29, 1.82) is 0 Å². The molecule has 1 unspecified atom stereocenters. The van der Waals surface area contributed by atoms with Crippen LogP contribution in [-0.2, 0) is 10.0 Å². The van der Waals surface area contributed by atoms with Crippen molar-refractivity contribution in [2.75, 3.05) is 11.8 Å². The molecule has 21 heavy (non-hydrogen) atoms. The van der Waals surface area contributed by atoms with E-state index in [-0.39, 0.29) is 4.90 Å². The summed E-state index contributed by atoms with van der Waals surface area (Å²) in [6, 6.07) is 12.9. The zero-order valence-electron chi connectivity index (χ0n) is 11.8. The van der Waals surface area contributed by atoms with E-state index in [1.807, 2.05) is 0 Å². The van der Waals surface area contributed by atoms with Crippen LogP contribution in [0.1, 0.15) is 18.6 Å². The quantitative estimate of drug-likeness (QED) is 0.890. The Hall–Kier alpha value is -2.05. The van der Waals surface area contributed by atoms with Gasteiger partial charge in [-0.15, -0.1) is 0 Å². The third-order valence-electron chi connectivity index (χ3n) is 3.01. The first kappa shape index (κ1) is 15.3. The van der Waals surface area contributed by atoms with Crippen LogP contribution < -0.4 is 9.46 Å². The van der Waals surface area contributed by atoms with E-state index >= 15 is 0 Å². The highest BCUT2D eigenvalue weighted by atomic mass is 32.2. The number of benzene rings is 2. The Morgan fingerprint density at radius 2 is 1.81 bits per heavy atom. The maximum atomic E-state index is 12.3. The molecule has 5 nitrogen and oxygen atoms in total. The molecule has 0 fully saturated rings. The van der Waals surface area contributed by atoms with Crippen LogP contribution in [0.25, 0.3) is 0 Å². The van der Waals surface area contributed by atoms with Crippen molar-refractivity contribution in [2.45, 2.75) is 17.9 Å². The number of sulfonamides is 1. The van der Waals surface area contributed by atoms with Gasteiger partial charge in [0.05, 0.1) is 23.8 Å². The van der Waals surface area contributed by atoms with E-state index in [0.29, 0.717) is 17.0 Å². The van der Waals surface area contributed by atoms with E-state index in [1.54, 1.807) is 43.3 Å². The van der Waals surface area contributed by atoms with E-state index < -0.39 is 16.1 Å². The van der Waals surface area contributed by atoms with Gasteiger partial charge in [-0.1, -0.05) is 24.3 Å². The standard InChI is InChI=1S/C15H17NO4S/c1-11(17)12-8-9-14(15(10-12)20-2)16-21(18,19)13-6-4-3-5-7-13/h3-11,16-17H,1-2H3. The fourth-order valence-corrected chi connectivity index (χ4v) is 2.95. The van der Waals surface area contributed by atoms with E-state index in [9.17, 15) is 13.5 Å². The zero-order chi connectivity index (χ0) is 15.5. The molecule has 2 aromatic rings. The first-order chi connectivity index (χ1) is 9.94. The molecule has 0 aliphatic rings. The summed E-state index contributed by atoms with van der Waals surface area (Å²) in [7, 11) is -2.23. The van der Waals surface area contributed by atoms with Gasteiger partial charge in [0.2, 0.25) is 0 Å². The van der Waals surface area contributed by atoms with E-state index in [1.165, 1.54) is 19.2 Å². The minimum Gasteiger partial charge on any atom is -0.495 e. The van der Waals surface area contributed by atoms with Gasteiger partial charge in [0.15, 0.2) is 0 Å². The lowest BCUT2D eigenvalue weighted by atomic mass is 10.1. The topological polar surface area (TPSA) is 75.6 Å². The van der Waals surface area contributed by atoms with Gasteiger partial charge < -0.3 is 9.84 Å². The number of rotatable bonds is 5. The Labute approximate surface area is 124 Å². The number of nitrogens with one attached hydrogen (secondary N) is 1. The fourth-order valence-electron chi connectivity index (χ4n) is 1.86. The number of hydrogen-bond acceptors (Lipinski definition) is 4. The van der Waals surface area contributed by atoms with Crippen molar-refractivity contribution in [3.05, 3.63) is 54.1 Å². The van der Waals surface area contributed by atoms with Crippen LogP contribution >= 0.6 is 0 Å². The smallest absolute Gasteiger partial charge is 0.262 e. The van der Waals surface area contributed by atoms with Crippen molar-refractivity contribution in [2.24, 2.45) is 0 Å². The van der Waals surface area contributed by atoms with E-state index in [4.69, 9.17) is 4.74 Å². The van der Waals surface area contributed by atoms with Crippen LogP contribution in [0.2, 0.25) is 0 Å². The van der Waals surface area contributed by atoms with Gasteiger partial charge in [-0.2, -0.15) is 0 Å². The van der Waals surface area contributed by atoms with Crippen LogP contribution in [-0.4, -0.2) is 20.6 Å². The van der Waals surface area contributed by atoms with E-state index in [2.05, 4.69) is 4.72 Å². The molecule has 6 heteroatoms. The molecule has 2 aromatic carbocycles. The summed E-state index contributed by atoms with van der Waals surface area (Å²) in [5.41, 5.74) is 0.972. The molecule has 0 aromatic heterocycles. The zero-order valence-corrected chi connectivity index (χ0v) is 12.6. The Morgan fingerprint density at radius 1 is 1.14 bits per heavy atom. The van der Waals surface area contributed by atoms with Crippen LogP contribution in [0.3, 0.4) is 0 Å². The Morgan fingerprint density at radius 3 is 2.38 bits per heavy atom. The summed E-state index contributed by atoms with van der Waals surface area (Å²) in [5.74, 6) is 0.355. The predicted molar refractivity (Wildman–Crippen MR) is 80.9 cm³/mol. The Kier molecular flexibility index (Phi) is 4.50. The number of aliphatic hydroxyl groups is 1.